The molecule has 0 atom stereocenters. The predicted molar refractivity (Wildman–Crippen MR) is 132 cm³/mol. The summed E-state index contributed by atoms with van der Waals surface area (Å²) < 4.78 is 7.07. The van der Waals surface area contributed by atoms with Gasteiger partial charge in [0.25, 0.3) is 5.91 Å². The first-order chi connectivity index (χ1) is 15.6. The van der Waals surface area contributed by atoms with E-state index in [1.54, 1.807) is 35.1 Å². The molecule has 0 aliphatic rings. The SMILES string of the molecule is Cc1c(NC(=S)NC(=O)c2ccccc2)ccc(-n2cccn2)c1CNC(=O)OC(C)(C)C. The predicted octanol–water partition coefficient (Wildman–Crippen LogP) is 4.33. The highest BCUT2D eigenvalue weighted by atomic mass is 32.1. The standard InChI is InChI=1S/C24H27N5O3S/c1-16-18(15-25-23(31)32-24(2,3)4)20(29-14-8-13-26-29)12-11-19(16)27-22(33)28-21(30)17-9-6-5-7-10-17/h5-14H,15H2,1-4H3,(H,25,31)(H2,27,28,30,33). The lowest BCUT2D eigenvalue weighted by atomic mass is 10.0. The molecule has 33 heavy (non-hydrogen) atoms. The van der Waals surface area contributed by atoms with Crippen molar-refractivity contribution in [3.05, 3.63) is 77.6 Å². The third-order valence-corrected chi connectivity index (χ3v) is 4.85. The number of amides is 2. The summed E-state index contributed by atoms with van der Waals surface area (Å²) in [6, 6.07) is 14.4. The lowest BCUT2D eigenvalue weighted by Gasteiger charge is -2.21. The van der Waals surface area contributed by atoms with Crippen LogP contribution in [0.15, 0.2) is 60.9 Å². The molecule has 0 radical (unpaired) electrons. The highest BCUT2D eigenvalue weighted by Crippen LogP contribution is 2.26. The van der Waals surface area contributed by atoms with Gasteiger partial charge >= 0.3 is 6.09 Å². The molecule has 0 saturated carbocycles. The number of anilines is 1. The number of carbonyl (C=O) groups excluding carboxylic acids is 2. The Balaban J connectivity index is 1.80. The van der Waals surface area contributed by atoms with Crippen molar-refractivity contribution in [3.63, 3.8) is 0 Å². The summed E-state index contributed by atoms with van der Waals surface area (Å²) in [5.41, 5.74) is 3.08. The number of rotatable bonds is 5. The van der Waals surface area contributed by atoms with Crippen LogP contribution in [0.25, 0.3) is 5.69 Å². The molecule has 0 bridgehead atoms. The first-order valence-corrected chi connectivity index (χ1v) is 10.8. The fourth-order valence-electron chi connectivity index (χ4n) is 3.12. The molecular formula is C24H27N5O3S. The Hall–Kier alpha value is -3.72. The van der Waals surface area contributed by atoms with Gasteiger partial charge in [0.1, 0.15) is 5.60 Å². The maximum Gasteiger partial charge on any atom is 0.407 e. The second kappa shape index (κ2) is 10.3. The van der Waals surface area contributed by atoms with Crippen molar-refractivity contribution < 1.29 is 14.3 Å². The molecule has 0 aliphatic carbocycles. The van der Waals surface area contributed by atoms with Gasteiger partial charge < -0.3 is 15.4 Å². The number of ether oxygens (including phenoxy) is 1. The normalized spacial score (nSPS) is 10.9. The summed E-state index contributed by atoms with van der Waals surface area (Å²) in [5, 5.41) is 13.0. The average Bonchev–Trinajstić information content (AvgIpc) is 3.28. The van der Waals surface area contributed by atoms with Crippen LogP contribution in [-0.4, -0.2) is 32.5 Å². The zero-order chi connectivity index (χ0) is 24.0. The number of aromatic nitrogens is 2. The van der Waals surface area contributed by atoms with Crippen LogP contribution in [0.3, 0.4) is 0 Å². The van der Waals surface area contributed by atoms with E-state index in [9.17, 15) is 9.59 Å². The van der Waals surface area contributed by atoms with E-state index in [1.165, 1.54) is 0 Å². The molecule has 1 heterocycles. The molecule has 2 aromatic carbocycles. The molecule has 0 saturated heterocycles. The van der Waals surface area contributed by atoms with Gasteiger partial charge in [0.2, 0.25) is 0 Å². The molecule has 3 aromatic rings. The fourth-order valence-corrected chi connectivity index (χ4v) is 3.32. The Labute approximate surface area is 198 Å². The molecule has 0 fully saturated rings. The van der Waals surface area contributed by atoms with Crippen molar-refractivity contribution in [3.8, 4) is 5.69 Å². The molecule has 0 spiro atoms. The van der Waals surface area contributed by atoms with Gasteiger partial charge in [-0.2, -0.15) is 5.10 Å². The molecule has 0 unspecified atom stereocenters. The third-order valence-electron chi connectivity index (χ3n) is 4.64. The van der Waals surface area contributed by atoms with E-state index in [-0.39, 0.29) is 17.6 Å². The van der Waals surface area contributed by atoms with Crippen molar-refractivity contribution in [2.24, 2.45) is 0 Å². The second-order valence-corrected chi connectivity index (χ2v) is 8.72. The average molecular weight is 466 g/mol. The second-order valence-electron chi connectivity index (χ2n) is 8.32. The van der Waals surface area contributed by atoms with Gasteiger partial charge in [0.15, 0.2) is 5.11 Å². The zero-order valence-electron chi connectivity index (χ0n) is 19.0. The van der Waals surface area contributed by atoms with Gasteiger partial charge in [0, 0.05) is 35.8 Å². The Morgan fingerprint density at radius 1 is 1.09 bits per heavy atom. The number of benzene rings is 2. The molecule has 8 nitrogen and oxygen atoms in total. The van der Waals surface area contributed by atoms with Gasteiger partial charge in [-0.15, -0.1) is 0 Å². The number of thiocarbonyl (C=S) groups is 1. The lowest BCUT2D eigenvalue weighted by Crippen LogP contribution is -2.34. The van der Waals surface area contributed by atoms with Crippen LogP contribution in [0, 0.1) is 6.92 Å². The monoisotopic (exact) mass is 465 g/mol. The smallest absolute Gasteiger partial charge is 0.407 e. The number of nitrogens with zero attached hydrogens (tertiary/aromatic N) is 2. The highest BCUT2D eigenvalue weighted by Gasteiger charge is 2.18. The van der Waals surface area contributed by atoms with Crippen molar-refractivity contribution in [2.75, 3.05) is 5.32 Å². The zero-order valence-corrected chi connectivity index (χ0v) is 19.8. The van der Waals surface area contributed by atoms with E-state index in [4.69, 9.17) is 17.0 Å². The van der Waals surface area contributed by atoms with Crippen LogP contribution in [0.2, 0.25) is 0 Å². The Kier molecular flexibility index (Phi) is 7.44. The number of hydrogen-bond donors (Lipinski definition) is 3. The maximum absolute atomic E-state index is 12.4. The van der Waals surface area contributed by atoms with Crippen molar-refractivity contribution in [1.29, 1.82) is 0 Å². The molecular weight excluding hydrogens is 438 g/mol. The maximum atomic E-state index is 12.4. The van der Waals surface area contributed by atoms with Crippen LogP contribution < -0.4 is 16.0 Å². The van der Waals surface area contributed by atoms with Gasteiger partial charge in [-0.3, -0.25) is 10.1 Å². The van der Waals surface area contributed by atoms with E-state index >= 15 is 0 Å². The molecule has 172 valence electrons. The number of nitrogens with one attached hydrogen (secondary N) is 3. The van der Waals surface area contributed by atoms with Crippen LogP contribution >= 0.6 is 12.2 Å². The summed E-state index contributed by atoms with van der Waals surface area (Å²) in [6.45, 7) is 7.55. The summed E-state index contributed by atoms with van der Waals surface area (Å²) in [4.78, 5) is 24.6. The first-order valence-electron chi connectivity index (χ1n) is 10.4. The Bertz CT molecular complexity index is 1140. The first kappa shape index (κ1) is 23.9. The van der Waals surface area contributed by atoms with Crippen molar-refractivity contribution >= 4 is 35.0 Å². The summed E-state index contributed by atoms with van der Waals surface area (Å²) in [7, 11) is 0. The summed E-state index contributed by atoms with van der Waals surface area (Å²) in [5.74, 6) is -0.300. The van der Waals surface area contributed by atoms with Gasteiger partial charge in [0.05, 0.1) is 5.69 Å². The van der Waals surface area contributed by atoms with Crippen molar-refractivity contribution in [2.45, 2.75) is 39.8 Å². The molecule has 0 aliphatic heterocycles. The Morgan fingerprint density at radius 3 is 2.45 bits per heavy atom. The van der Waals surface area contributed by atoms with Crippen LogP contribution in [0.5, 0.6) is 0 Å². The molecule has 3 N–H and O–H groups in total. The van der Waals surface area contributed by atoms with Gasteiger partial charge in [-0.1, -0.05) is 18.2 Å². The van der Waals surface area contributed by atoms with Crippen LogP contribution in [0.1, 0.15) is 42.3 Å². The number of carbonyl (C=O) groups is 2. The van der Waals surface area contributed by atoms with E-state index in [2.05, 4.69) is 21.0 Å². The van der Waals surface area contributed by atoms with E-state index in [1.807, 2.05) is 58.2 Å². The summed E-state index contributed by atoms with van der Waals surface area (Å²) in [6.07, 6.45) is 2.99. The van der Waals surface area contributed by atoms with E-state index in [0.29, 0.717) is 11.3 Å². The van der Waals surface area contributed by atoms with Gasteiger partial charge in [-0.25, -0.2) is 9.48 Å². The lowest BCUT2D eigenvalue weighted by molar-refractivity contribution is 0.0523. The van der Waals surface area contributed by atoms with Crippen LogP contribution in [0.4, 0.5) is 10.5 Å². The minimum Gasteiger partial charge on any atom is -0.444 e. The van der Waals surface area contributed by atoms with E-state index in [0.717, 1.165) is 16.8 Å². The summed E-state index contributed by atoms with van der Waals surface area (Å²) >= 11 is 5.34. The van der Waals surface area contributed by atoms with Crippen LogP contribution in [-0.2, 0) is 11.3 Å². The molecule has 3 rings (SSSR count). The topological polar surface area (TPSA) is 97.3 Å². The Morgan fingerprint density at radius 2 is 1.82 bits per heavy atom. The fraction of sp³-hybridized carbons (Fsp3) is 0.250. The number of hydrogen-bond acceptors (Lipinski definition) is 5. The quantitative estimate of drug-likeness (QED) is 0.485. The molecule has 9 heteroatoms. The van der Waals surface area contributed by atoms with Gasteiger partial charge in [-0.05, 0) is 75.8 Å². The number of alkyl carbamates (subject to hydrolysis) is 1. The third kappa shape index (κ3) is 6.63. The minimum atomic E-state index is -0.601. The van der Waals surface area contributed by atoms with E-state index < -0.39 is 11.7 Å². The molecule has 1 aromatic heterocycles. The highest BCUT2D eigenvalue weighted by molar-refractivity contribution is 7.80. The largest absolute Gasteiger partial charge is 0.444 e. The molecule has 2 amide bonds. The minimum absolute atomic E-state index is 0.171. The van der Waals surface area contributed by atoms with Crippen molar-refractivity contribution in [1.82, 2.24) is 20.4 Å².